The lowest BCUT2D eigenvalue weighted by Gasteiger charge is -2.67. The van der Waals surface area contributed by atoms with Crippen molar-refractivity contribution in [1.29, 1.82) is 0 Å². The molecule has 2 heteroatoms. The van der Waals surface area contributed by atoms with E-state index in [-0.39, 0.29) is 0 Å². The second-order valence-electron chi connectivity index (χ2n) is 11.6. The van der Waals surface area contributed by atoms with Crippen LogP contribution in [0.3, 0.4) is 0 Å². The van der Waals surface area contributed by atoms with Gasteiger partial charge in [-0.2, -0.15) is 0 Å². The lowest BCUT2D eigenvalue weighted by atomic mass is 9.44. The summed E-state index contributed by atoms with van der Waals surface area (Å²) in [4.78, 5) is 0. The smallest absolute Gasteiger partial charge is 0.0924 e. The van der Waals surface area contributed by atoms with Crippen molar-refractivity contribution in [3.63, 3.8) is 0 Å². The molecular formula is C22H32OS. The largest absolute Gasteiger partial charge is 0.310 e. The summed E-state index contributed by atoms with van der Waals surface area (Å²) in [5.74, 6) is 6.49. The molecule has 9 rings (SSSR count). The Hall–Kier alpha value is 0.310. The molecule has 24 heavy (non-hydrogen) atoms. The highest BCUT2D eigenvalue weighted by Crippen LogP contribution is 2.71. The molecule has 1 aliphatic heterocycles. The van der Waals surface area contributed by atoms with Gasteiger partial charge in [-0.15, -0.1) is 0 Å². The molecule has 0 radical (unpaired) electrons. The lowest BCUT2D eigenvalue weighted by Crippen LogP contribution is -2.64. The first-order valence-electron chi connectivity index (χ1n) is 11.0. The maximum atomic E-state index is 6.43. The van der Waals surface area contributed by atoms with Crippen LogP contribution in [-0.2, 0) is 4.18 Å². The molecular weight excluding hydrogens is 312 g/mol. The van der Waals surface area contributed by atoms with Crippen LogP contribution in [0.25, 0.3) is 0 Å². The molecule has 0 aromatic rings. The van der Waals surface area contributed by atoms with Crippen LogP contribution in [0.2, 0.25) is 0 Å². The van der Waals surface area contributed by atoms with Gasteiger partial charge in [-0.25, -0.2) is 0 Å². The predicted octanol–water partition coefficient (Wildman–Crippen LogP) is 5.83. The summed E-state index contributed by atoms with van der Waals surface area (Å²) in [5, 5.41) is 0.877. The van der Waals surface area contributed by atoms with Crippen molar-refractivity contribution < 1.29 is 4.18 Å². The average Bonchev–Trinajstić information content (AvgIpc) is 2.41. The fourth-order valence-electron chi connectivity index (χ4n) is 10.1. The van der Waals surface area contributed by atoms with Gasteiger partial charge >= 0.3 is 0 Å². The number of rotatable bonds is 2. The fourth-order valence-corrected chi connectivity index (χ4v) is 11.4. The second kappa shape index (κ2) is 4.58. The van der Waals surface area contributed by atoms with E-state index < -0.39 is 0 Å². The molecule has 8 bridgehead atoms. The first-order chi connectivity index (χ1) is 11.7. The zero-order chi connectivity index (χ0) is 15.5. The van der Waals surface area contributed by atoms with E-state index in [1.807, 2.05) is 12.0 Å². The Labute approximate surface area is 151 Å². The standard InChI is InChI=1S/C22H32OS/c1-13-2-15-3-14(1)8-21(7-13,9-15)19-20(24-23-19)22-10-16-4-17(11-22)6-18(5-16)12-22/h13-20H,1-12H2. The van der Waals surface area contributed by atoms with Crippen molar-refractivity contribution >= 4 is 12.0 Å². The molecule has 1 saturated heterocycles. The molecule has 1 heterocycles. The van der Waals surface area contributed by atoms with Crippen molar-refractivity contribution in [1.82, 2.24) is 0 Å². The Kier molecular flexibility index (Phi) is 2.75. The van der Waals surface area contributed by atoms with Crippen molar-refractivity contribution in [3.05, 3.63) is 0 Å². The maximum Gasteiger partial charge on any atom is 0.0924 e. The van der Waals surface area contributed by atoms with Crippen molar-refractivity contribution in [2.45, 2.75) is 88.4 Å². The minimum atomic E-state index is 0.619. The van der Waals surface area contributed by atoms with Gasteiger partial charge < -0.3 is 4.18 Å². The summed E-state index contributed by atoms with van der Waals surface area (Å²) in [5.41, 5.74) is 1.32. The Morgan fingerprint density at radius 3 is 1.25 bits per heavy atom. The molecule has 0 amide bonds. The summed E-state index contributed by atoms with van der Waals surface area (Å²) in [7, 11) is 0. The number of hydrogen-bond acceptors (Lipinski definition) is 2. The summed E-state index contributed by atoms with van der Waals surface area (Å²) in [6, 6.07) is 0. The third-order valence-corrected chi connectivity index (χ3v) is 11.2. The van der Waals surface area contributed by atoms with E-state index in [0.717, 1.165) is 40.8 Å². The lowest BCUT2D eigenvalue weighted by molar-refractivity contribution is -0.150. The molecule has 9 aliphatic rings. The molecule has 8 saturated carbocycles. The van der Waals surface area contributed by atoms with Crippen LogP contribution in [0.15, 0.2) is 0 Å². The zero-order valence-corrected chi connectivity index (χ0v) is 15.7. The van der Waals surface area contributed by atoms with E-state index in [4.69, 9.17) is 4.18 Å². The van der Waals surface area contributed by atoms with Gasteiger partial charge in [0, 0.05) is 0 Å². The van der Waals surface area contributed by atoms with Crippen LogP contribution in [0.5, 0.6) is 0 Å². The van der Waals surface area contributed by atoms with Gasteiger partial charge in [0.2, 0.25) is 0 Å². The fraction of sp³-hybridized carbons (Fsp3) is 1.00. The van der Waals surface area contributed by atoms with Crippen LogP contribution in [0.4, 0.5) is 0 Å². The quantitative estimate of drug-likeness (QED) is 0.582. The Balaban J connectivity index is 1.21. The van der Waals surface area contributed by atoms with Gasteiger partial charge in [-0.05, 0) is 135 Å². The highest BCUT2D eigenvalue weighted by atomic mass is 32.2. The van der Waals surface area contributed by atoms with Crippen molar-refractivity contribution in [2.24, 2.45) is 46.3 Å². The van der Waals surface area contributed by atoms with Gasteiger partial charge in [0.1, 0.15) is 0 Å². The molecule has 0 aromatic carbocycles. The van der Waals surface area contributed by atoms with Gasteiger partial charge in [-0.1, -0.05) is 0 Å². The number of hydrogen-bond donors (Lipinski definition) is 0. The molecule has 2 atom stereocenters. The van der Waals surface area contributed by atoms with E-state index in [1.54, 1.807) is 57.8 Å². The van der Waals surface area contributed by atoms with Gasteiger partial charge in [-0.3, -0.25) is 0 Å². The van der Waals surface area contributed by atoms with E-state index >= 15 is 0 Å². The normalized spacial score (nSPS) is 66.0. The first-order valence-corrected chi connectivity index (χ1v) is 11.8. The molecule has 132 valence electrons. The third kappa shape index (κ3) is 1.79. The monoisotopic (exact) mass is 344 g/mol. The predicted molar refractivity (Wildman–Crippen MR) is 97.5 cm³/mol. The highest BCUT2D eigenvalue weighted by Gasteiger charge is 2.65. The summed E-state index contributed by atoms with van der Waals surface area (Å²) in [6.45, 7) is 0. The van der Waals surface area contributed by atoms with Crippen LogP contribution in [-0.4, -0.2) is 11.4 Å². The van der Waals surface area contributed by atoms with E-state index in [9.17, 15) is 0 Å². The van der Waals surface area contributed by atoms with E-state index in [0.29, 0.717) is 16.9 Å². The Morgan fingerprint density at radius 2 is 0.917 bits per heavy atom. The van der Waals surface area contributed by atoms with E-state index in [1.165, 1.54) is 19.3 Å². The van der Waals surface area contributed by atoms with Crippen LogP contribution >= 0.6 is 12.0 Å². The molecule has 0 spiro atoms. The zero-order valence-electron chi connectivity index (χ0n) is 14.9. The average molecular weight is 345 g/mol. The molecule has 9 fully saturated rings. The summed E-state index contributed by atoms with van der Waals surface area (Å²) < 4.78 is 6.43. The summed E-state index contributed by atoms with van der Waals surface area (Å²) >= 11 is 1.95. The molecule has 2 unspecified atom stereocenters. The van der Waals surface area contributed by atoms with Gasteiger partial charge in [0.05, 0.1) is 11.4 Å². The van der Waals surface area contributed by atoms with Gasteiger partial charge in [0.15, 0.2) is 0 Å². The molecule has 0 aromatic heterocycles. The third-order valence-electron chi connectivity index (χ3n) is 9.92. The molecule has 1 nitrogen and oxygen atoms in total. The summed E-state index contributed by atoms with van der Waals surface area (Å²) in [6.07, 6.45) is 19.4. The van der Waals surface area contributed by atoms with Crippen molar-refractivity contribution in [3.8, 4) is 0 Å². The Morgan fingerprint density at radius 1 is 0.542 bits per heavy atom. The second-order valence-corrected chi connectivity index (χ2v) is 12.5. The first kappa shape index (κ1) is 14.4. The minimum absolute atomic E-state index is 0.619. The van der Waals surface area contributed by atoms with Crippen LogP contribution in [0.1, 0.15) is 77.0 Å². The SMILES string of the molecule is C1C2CC3CC1CC(C1OSC1C14CC5CC(CC(C5)C1)C4)(C2)C3. The van der Waals surface area contributed by atoms with Crippen LogP contribution in [0, 0.1) is 46.3 Å². The highest BCUT2D eigenvalue weighted by molar-refractivity contribution is 7.96. The van der Waals surface area contributed by atoms with Gasteiger partial charge in [0.25, 0.3) is 0 Å². The van der Waals surface area contributed by atoms with Crippen LogP contribution < -0.4 is 0 Å². The maximum absolute atomic E-state index is 6.43. The molecule has 8 aliphatic carbocycles. The van der Waals surface area contributed by atoms with E-state index in [2.05, 4.69) is 0 Å². The van der Waals surface area contributed by atoms with Crippen molar-refractivity contribution in [2.75, 3.05) is 0 Å². The minimum Gasteiger partial charge on any atom is -0.310 e. The molecule has 0 N–H and O–H groups in total. The topological polar surface area (TPSA) is 9.23 Å². The Bertz CT molecular complexity index is 448.